The number of hydrogen-bond acceptors (Lipinski definition) is 4. The summed E-state index contributed by atoms with van der Waals surface area (Å²) in [5.74, 6) is -0.000861. The van der Waals surface area contributed by atoms with Gasteiger partial charge in [-0.3, -0.25) is 4.79 Å². The Morgan fingerprint density at radius 2 is 2.35 bits per heavy atom. The van der Waals surface area contributed by atoms with Gasteiger partial charge in [-0.2, -0.15) is 5.26 Å². The van der Waals surface area contributed by atoms with Crippen LogP contribution < -0.4 is 10.2 Å². The lowest BCUT2D eigenvalue weighted by Gasteiger charge is -2.42. The van der Waals surface area contributed by atoms with E-state index < -0.39 is 5.54 Å². The van der Waals surface area contributed by atoms with Gasteiger partial charge in [-0.15, -0.1) is 0 Å². The summed E-state index contributed by atoms with van der Waals surface area (Å²) in [6.45, 7) is 5.09. The first kappa shape index (κ1) is 11.4. The summed E-state index contributed by atoms with van der Waals surface area (Å²) in [5.41, 5.74) is 0.618. The summed E-state index contributed by atoms with van der Waals surface area (Å²) in [6, 6.07) is 5.54. The number of pyridine rings is 1. The van der Waals surface area contributed by atoms with Crippen LogP contribution in [0.15, 0.2) is 18.3 Å². The number of amides is 1. The van der Waals surface area contributed by atoms with Crippen molar-refractivity contribution in [3.63, 3.8) is 0 Å². The second-order valence-corrected chi connectivity index (χ2v) is 4.48. The van der Waals surface area contributed by atoms with Crippen LogP contribution >= 0.6 is 0 Å². The smallest absolute Gasteiger partial charge is 0.245 e. The van der Waals surface area contributed by atoms with Crippen LogP contribution in [0.3, 0.4) is 0 Å². The second kappa shape index (κ2) is 4.06. The van der Waals surface area contributed by atoms with Gasteiger partial charge < -0.3 is 10.2 Å². The summed E-state index contributed by atoms with van der Waals surface area (Å²) in [4.78, 5) is 17.7. The number of rotatable bonds is 1. The number of nitriles is 1. The van der Waals surface area contributed by atoms with Crippen molar-refractivity contribution in [2.45, 2.75) is 19.4 Å². The highest BCUT2D eigenvalue weighted by Gasteiger charge is 2.37. The number of aromatic nitrogens is 1. The van der Waals surface area contributed by atoms with E-state index in [9.17, 15) is 4.79 Å². The minimum Gasteiger partial charge on any atom is -0.356 e. The Hall–Kier alpha value is -2.09. The highest BCUT2D eigenvalue weighted by molar-refractivity contribution is 5.90. The number of anilines is 1. The number of carbonyl (C=O) groups is 1. The van der Waals surface area contributed by atoms with Crippen molar-refractivity contribution in [2.24, 2.45) is 0 Å². The Morgan fingerprint density at radius 3 is 3.06 bits per heavy atom. The maximum Gasteiger partial charge on any atom is 0.245 e. The lowest BCUT2D eigenvalue weighted by Crippen LogP contribution is -2.62. The van der Waals surface area contributed by atoms with E-state index in [0.29, 0.717) is 12.2 Å². The van der Waals surface area contributed by atoms with Crippen LogP contribution in [0.25, 0.3) is 0 Å². The molecule has 0 atom stereocenters. The molecule has 5 nitrogen and oxygen atoms in total. The lowest BCUT2D eigenvalue weighted by atomic mass is 9.98. The number of carbonyl (C=O) groups excluding carboxylic acids is 1. The standard InChI is InChI=1S/C12H14N4O/c1-12(2)11(17)15-5-6-16(12)10-3-4-14-9(7-10)8-13/h3-4,7H,5-6H2,1-2H3,(H,15,17). The minimum absolute atomic E-state index is 0.000861. The lowest BCUT2D eigenvalue weighted by molar-refractivity contribution is -0.126. The van der Waals surface area contributed by atoms with Crippen molar-refractivity contribution in [2.75, 3.05) is 18.0 Å². The number of hydrogen-bond donors (Lipinski definition) is 1. The maximum atomic E-state index is 11.8. The zero-order valence-electron chi connectivity index (χ0n) is 9.90. The van der Waals surface area contributed by atoms with Crippen LogP contribution in [0.1, 0.15) is 19.5 Å². The van der Waals surface area contributed by atoms with Gasteiger partial charge >= 0.3 is 0 Å². The number of nitrogens with one attached hydrogen (secondary N) is 1. The maximum absolute atomic E-state index is 11.8. The second-order valence-electron chi connectivity index (χ2n) is 4.48. The Bertz CT molecular complexity index is 490. The molecular formula is C12H14N4O. The van der Waals surface area contributed by atoms with E-state index in [1.165, 1.54) is 0 Å². The molecule has 17 heavy (non-hydrogen) atoms. The molecule has 5 heteroatoms. The van der Waals surface area contributed by atoms with E-state index in [2.05, 4.69) is 10.3 Å². The van der Waals surface area contributed by atoms with Crippen molar-refractivity contribution in [1.82, 2.24) is 10.3 Å². The van der Waals surface area contributed by atoms with Gasteiger partial charge in [-0.1, -0.05) is 0 Å². The molecule has 0 aliphatic carbocycles. The first-order valence-corrected chi connectivity index (χ1v) is 5.48. The molecule has 1 aromatic heterocycles. The third-order valence-corrected chi connectivity index (χ3v) is 3.02. The fraction of sp³-hybridized carbons (Fsp3) is 0.417. The largest absolute Gasteiger partial charge is 0.356 e. The average molecular weight is 230 g/mol. The zero-order chi connectivity index (χ0) is 12.5. The van der Waals surface area contributed by atoms with E-state index in [1.807, 2.05) is 30.9 Å². The molecule has 1 aliphatic heterocycles. The van der Waals surface area contributed by atoms with Gasteiger partial charge in [0.1, 0.15) is 17.3 Å². The van der Waals surface area contributed by atoms with E-state index in [1.54, 1.807) is 12.3 Å². The fourth-order valence-electron chi connectivity index (χ4n) is 2.00. The predicted octanol–water partition coefficient (Wildman–Crippen LogP) is 0.668. The summed E-state index contributed by atoms with van der Waals surface area (Å²) in [7, 11) is 0. The third-order valence-electron chi connectivity index (χ3n) is 3.02. The molecule has 0 aromatic carbocycles. The molecule has 0 unspecified atom stereocenters. The predicted molar refractivity (Wildman–Crippen MR) is 63.4 cm³/mol. The van der Waals surface area contributed by atoms with Gasteiger partial charge in [0.2, 0.25) is 5.91 Å². The molecule has 0 radical (unpaired) electrons. The van der Waals surface area contributed by atoms with E-state index >= 15 is 0 Å². The SMILES string of the molecule is CC1(C)C(=O)NCCN1c1ccnc(C#N)c1. The quantitative estimate of drug-likeness (QED) is 0.769. The van der Waals surface area contributed by atoms with Gasteiger partial charge in [0.25, 0.3) is 0 Å². The molecule has 1 fully saturated rings. The summed E-state index contributed by atoms with van der Waals surface area (Å²) in [5, 5.41) is 11.7. The van der Waals surface area contributed by atoms with E-state index in [-0.39, 0.29) is 5.91 Å². The first-order valence-electron chi connectivity index (χ1n) is 5.48. The van der Waals surface area contributed by atoms with Crippen LogP contribution in [0.2, 0.25) is 0 Å². The summed E-state index contributed by atoms with van der Waals surface area (Å²) >= 11 is 0. The first-order chi connectivity index (χ1) is 8.05. The minimum atomic E-state index is -0.605. The number of nitrogens with zero attached hydrogens (tertiary/aromatic N) is 3. The zero-order valence-corrected chi connectivity index (χ0v) is 9.90. The monoisotopic (exact) mass is 230 g/mol. The Morgan fingerprint density at radius 1 is 1.59 bits per heavy atom. The van der Waals surface area contributed by atoms with Crippen molar-refractivity contribution in [3.05, 3.63) is 24.0 Å². The van der Waals surface area contributed by atoms with Crippen molar-refractivity contribution >= 4 is 11.6 Å². The molecule has 0 spiro atoms. The van der Waals surface area contributed by atoms with E-state index in [4.69, 9.17) is 5.26 Å². The van der Waals surface area contributed by atoms with Crippen molar-refractivity contribution < 1.29 is 4.79 Å². The topological polar surface area (TPSA) is 69.0 Å². The van der Waals surface area contributed by atoms with Crippen LogP contribution in [0, 0.1) is 11.3 Å². The Kier molecular flexibility index (Phi) is 2.72. The average Bonchev–Trinajstić information content (AvgIpc) is 2.32. The summed E-state index contributed by atoms with van der Waals surface area (Å²) < 4.78 is 0. The molecule has 88 valence electrons. The van der Waals surface area contributed by atoms with E-state index in [0.717, 1.165) is 12.2 Å². The van der Waals surface area contributed by atoms with Gasteiger partial charge in [-0.05, 0) is 26.0 Å². The molecule has 1 aliphatic rings. The number of piperazine rings is 1. The summed E-state index contributed by atoms with van der Waals surface area (Å²) in [6.07, 6.45) is 1.59. The molecule has 0 saturated carbocycles. The van der Waals surface area contributed by atoms with Crippen LogP contribution in [-0.4, -0.2) is 29.5 Å². The van der Waals surface area contributed by atoms with Gasteiger partial charge in [0.15, 0.2) is 0 Å². The molecular weight excluding hydrogens is 216 g/mol. The molecule has 1 aromatic rings. The fourth-order valence-corrected chi connectivity index (χ4v) is 2.00. The third kappa shape index (κ3) is 1.94. The highest BCUT2D eigenvalue weighted by Crippen LogP contribution is 2.25. The van der Waals surface area contributed by atoms with Crippen LogP contribution in [-0.2, 0) is 4.79 Å². The molecule has 2 heterocycles. The molecule has 2 rings (SSSR count). The van der Waals surface area contributed by atoms with Gasteiger partial charge in [0.05, 0.1) is 0 Å². The molecule has 0 bridgehead atoms. The molecule has 1 N–H and O–H groups in total. The van der Waals surface area contributed by atoms with Gasteiger partial charge in [0, 0.05) is 25.0 Å². The van der Waals surface area contributed by atoms with Crippen LogP contribution in [0.4, 0.5) is 5.69 Å². The van der Waals surface area contributed by atoms with Crippen molar-refractivity contribution in [3.8, 4) is 6.07 Å². The van der Waals surface area contributed by atoms with Gasteiger partial charge in [-0.25, -0.2) is 4.98 Å². The highest BCUT2D eigenvalue weighted by atomic mass is 16.2. The Balaban J connectivity index is 2.38. The Labute approximate surface area is 100 Å². The molecule has 1 saturated heterocycles. The molecule has 1 amide bonds. The normalized spacial score (nSPS) is 18.4. The van der Waals surface area contributed by atoms with Crippen molar-refractivity contribution in [1.29, 1.82) is 5.26 Å². The van der Waals surface area contributed by atoms with Crippen LogP contribution in [0.5, 0.6) is 0 Å².